The van der Waals surface area contributed by atoms with Gasteiger partial charge in [0.05, 0.1) is 11.9 Å². The third-order valence-electron chi connectivity index (χ3n) is 4.95. The van der Waals surface area contributed by atoms with Gasteiger partial charge >= 0.3 is 5.97 Å². The van der Waals surface area contributed by atoms with Crippen molar-refractivity contribution in [3.63, 3.8) is 0 Å². The average Bonchev–Trinajstić information content (AvgIpc) is 3.30. The number of thioether (sulfide) groups is 1. The Morgan fingerprint density at radius 3 is 2.46 bits per heavy atom. The van der Waals surface area contributed by atoms with Crippen molar-refractivity contribution in [3.8, 4) is 17.2 Å². The molecule has 7 nitrogen and oxygen atoms in total. The summed E-state index contributed by atoms with van der Waals surface area (Å²) in [6, 6.07) is 20.1. The molecule has 0 saturated carbocycles. The molecule has 0 aliphatic carbocycles. The molecule has 0 aliphatic rings. The molecule has 4 rings (SSSR count). The molecule has 0 spiro atoms. The molecule has 1 N–H and O–H groups in total. The number of rotatable bonds is 8. The van der Waals surface area contributed by atoms with Gasteiger partial charge in [-0.15, -0.1) is 0 Å². The quantitative estimate of drug-likeness (QED) is 0.254. The highest BCUT2D eigenvalue weighted by molar-refractivity contribution is 7.98. The monoisotopic (exact) mass is 491 g/mol. The zero-order chi connectivity index (χ0) is 24.8. The van der Waals surface area contributed by atoms with Crippen LogP contribution in [0.1, 0.15) is 16.1 Å². The van der Waals surface area contributed by atoms with Crippen molar-refractivity contribution in [1.29, 1.82) is 0 Å². The first-order chi connectivity index (χ1) is 16.9. The summed E-state index contributed by atoms with van der Waals surface area (Å²) in [6.07, 6.45) is 3.17. The van der Waals surface area contributed by atoms with E-state index < -0.39 is 24.3 Å². The number of aryl methyl sites for hydroxylation is 1. The van der Waals surface area contributed by atoms with E-state index in [9.17, 15) is 14.0 Å². The van der Waals surface area contributed by atoms with E-state index in [0.717, 1.165) is 5.56 Å². The summed E-state index contributed by atoms with van der Waals surface area (Å²) in [7, 11) is 0. The molecule has 0 radical (unpaired) electrons. The first-order valence-electron chi connectivity index (χ1n) is 10.6. The van der Waals surface area contributed by atoms with Crippen LogP contribution in [0.5, 0.6) is 11.5 Å². The van der Waals surface area contributed by atoms with Gasteiger partial charge in [0.25, 0.3) is 5.91 Å². The SMILES string of the molecule is CSc1ncc(C(=O)OCC(=O)Nc2ccccc2Oc2ccc(C)cc2)n1-c1ccc(F)cc1. The van der Waals surface area contributed by atoms with Crippen LogP contribution in [-0.2, 0) is 9.53 Å². The zero-order valence-electron chi connectivity index (χ0n) is 19.0. The van der Waals surface area contributed by atoms with E-state index in [1.807, 2.05) is 31.2 Å². The Labute approximate surface area is 205 Å². The Morgan fingerprint density at radius 1 is 1.03 bits per heavy atom. The highest BCUT2D eigenvalue weighted by Crippen LogP contribution is 2.29. The van der Waals surface area contributed by atoms with Gasteiger partial charge in [-0.05, 0) is 61.7 Å². The molecular formula is C26H22FN3O4S. The molecule has 3 aromatic carbocycles. The second-order valence-electron chi connectivity index (χ2n) is 7.48. The van der Waals surface area contributed by atoms with Gasteiger partial charge in [0.1, 0.15) is 11.6 Å². The third kappa shape index (κ3) is 5.88. The van der Waals surface area contributed by atoms with Crippen molar-refractivity contribution >= 4 is 29.3 Å². The number of amides is 1. The molecule has 0 aliphatic heterocycles. The fourth-order valence-electron chi connectivity index (χ4n) is 3.25. The van der Waals surface area contributed by atoms with E-state index in [0.29, 0.717) is 28.0 Å². The number of carbonyl (C=O) groups is 2. The van der Waals surface area contributed by atoms with Crippen LogP contribution in [0.25, 0.3) is 5.69 Å². The molecule has 4 aromatic rings. The summed E-state index contributed by atoms with van der Waals surface area (Å²) < 4.78 is 26.0. The topological polar surface area (TPSA) is 82.4 Å². The van der Waals surface area contributed by atoms with Gasteiger partial charge in [-0.3, -0.25) is 9.36 Å². The normalized spacial score (nSPS) is 10.6. The Hall–Kier alpha value is -4.11. The number of hydrogen-bond donors (Lipinski definition) is 1. The minimum Gasteiger partial charge on any atom is -0.455 e. The van der Waals surface area contributed by atoms with Gasteiger partial charge in [0.2, 0.25) is 0 Å². The number of anilines is 1. The van der Waals surface area contributed by atoms with Crippen molar-refractivity contribution in [2.45, 2.75) is 12.1 Å². The van der Waals surface area contributed by atoms with E-state index in [4.69, 9.17) is 9.47 Å². The predicted octanol–water partition coefficient (Wildman–Crippen LogP) is 5.63. The average molecular weight is 492 g/mol. The van der Waals surface area contributed by atoms with Crippen LogP contribution >= 0.6 is 11.8 Å². The van der Waals surface area contributed by atoms with Crippen LogP contribution in [0.3, 0.4) is 0 Å². The van der Waals surface area contributed by atoms with Crippen molar-refractivity contribution in [2.24, 2.45) is 0 Å². The number of esters is 1. The second-order valence-corrected chi connectivity index (χ2v) is 8.25. The molecule has 0 atom stereocenters. The molecule has 0 saturated heterocycles. The Balaban J connectivity index is 1.43. The summed E-state index contributed by atoms with van der Waals surface area (Å²) >= 11 is 1.32. The van der Waals surface area contributed by atoms with E-state index in [-0.39, 0.29) is 5.69 Å². The van der Waals surface area contributed by atoms with Gasteiger partial charge in [-0.2, -0.15) is 0 Å². The lowest BCUT2D eigenvalue weighted by Gasteiger charge is -2.13. The van der Waals surface area contributed by atoms with Gasteiger partial charge in [0, 0.05) is 5.69 Å². The maximum atomic E-state index is 13.3. The van der Waals surface area contributed by atoms with Crippen LogP contribution < -0.4 is 10.1 Å². The Kier molecular flexibility index (Phi) is 7.47. The largest absolute Gasteiger partial charge is 0.455 e. The zero-order valence-corrected chi connectivity index (χ0v) is 19.8. The third-order valence-corrected chi connectivity index (χ3v) is 5.60. The number of benzene rings is 3. The van der Waals surface area contributed by atoms with Crippen molar-refractivity contribution in [3.05, 3.63) is 96.1 Å². The number of aromatic nitrogens is 2. The van der Waals surface area contributed by atoms with Crippen LogP contribution in [-0.4, -0.2) is 34.3 Å². The fraction of sp³-hybridized carbons (Fsp3) is 0.115. The second kappa shape index (κ2) is 10.9. The molecule has 1 heterocycles. The van der Waals surface area contributed by atoms with Gasteiger partial charge in [-0.1, -0.05) is 41.6 Å². The van der Waals surface area contributed by atoms with E-state index in [2.05, 4.69) is 10.3 Å². The van der Waals surface area contributed by atoms with Gasteiger partial charge < -0.3 is 14.8 Å². The molecule has 178 valence electrons. The number of halogens is 1. The van der Waals surface area contributed by atoms with Crippen molar-refractivity contribution in [1.82, 2.24) is 9.55 Å². The fourth-order valence-corrected chi connectivity index (χ4v) is 3.79. The van der Waals surface area contributed by atoms with Crippen molar-refractivity contribution in [2.75, 3.05) is 18.2 Å². The minimum absolute atomic E-state index is 0.122. The number of ether oxygens (including phenoxy) is 2. The van der Waals surface area contributed by atoms with Gasteiger partial charge in [0.15, 0.2) is 23.2 Å². The summed E-state index contributed by atoms with van der Waals surface area (Å²) in [6.45, 7) is 1.47. The first kappa shape index (κ1) is 24.0. The Morgan fingerprint density at radius 2 is 1.74 bits per heavy atom. The summed E-state index contributed by atoms with van der Waals surface area (Å²) in [4.78, 5) is 29.5. The number of carbonyl (C=O) groups excluding carboxylic acids is 2. The van der Waals surface area contributed by atoms with Crippen LogP contribution in [0.4, 0.5) is 10.1 Å². The van der Waals surface area contributed by atoms with Crippen LogP contribution in [0.2, 0.25) is 0 Å². The lowest BCUT2D eigenvalue weighted by atomic mass is 10.2. The summed E-state index contributed by atoms with van der Waals surface area (Å²) in [5.74, 6) is -0.581. The highest BCUT2D eigenvalue weighted by atomic mass is 32.2. The molecular weight excluding hydrogens is 469 g/mol. The minimum atomic E-state index is -0.735. The van der Waals surface area contributed by atoms with E-state index in [1.54, 1.807) is 35.1 Å². The molecule has 35 heavy (non-hydrogen) atoms. The Bertz CT molecular complexity index is 1340. The van der Waals surface area contributed by atoms with E-state index in [1.165, 1.54) is 42.2 Å². The molecule has 1 aromatic heterocycles. The smallest absolute Gasteiger partial charge is 0.357 e. The molecule has 0 unspecified atom stereocenters. The van der Waals surface area contributed by atoms with E-state index >= 15 is 0 Å². The molecule has 1 amide bonds. The lowest BCUT2D eigenvalue weighted by molar-refractivity contribution is -0.119. The van der Waals surface area contributed by atoms with Crippen LogP contribution in [0, 0.1) is 12.7 Å². The summed E-state index contributed by atoms with van der Waals surface area (Å²) in [5, 5.41) is 3.23. The number of nitrogens with zero attached hydrogens (tertiary/aromatic N) is 2. The van der Waals surface area contributed by atoms with Gasteiger partial charge in [-0.25, -0.2) is 14.2 Å². The number of imidazole rings is 1. The maximum Gasteiger partial charge on any atom is 0.357 e. The number of nitrogens with one attached hydrogen (secondary N) is 1. The predicted molar refractivity (Wildman–Crippen MR) is 132 cm³/mol. The van der Waals surface area contributed by atoms with Crippen LogP contribution in [0.15, 0.2) is 84.1 Å². The number of hydrogen-bond acceptors (Lipinski definition) is 6. The molecule has 0 bridgehead atoms. The van der Waals surface area contributed by atoms with Crippen molar-refractivity contribution < 1.29 is 23.5 Å². The standard InChI is InChI=1S/C26H22FN3O4S/c1-17-7-13-20(14-8-17)34-23-6-4-3-5-21(23)29-24(31)16-33-25(32)22-15-28-26(35-2)30(22)19-11-9-18(27)10-12-19/h3-15H,16H2,1-2H3,(H,29,31). The first-order valence-corrected chi connectivity index (χ1v) is 11.9. The number of para-hydroxylation sites is 2. The summed E-state index contributed by atoms with van der Waals surface area (Å²) in [5.41, 5.74) is 2.21. The lowest BCUT2D eigenvalue weighted by Crippen LogP contribution is -2.22. The molecule has 0 fully saturated rings. The highest BCUT2D eigenvalue weighted by Gasteiger charge is 2.20. The molecule has 9 heteroatoms. The maximum absolute atomic E-state index is 13.3.